The van der Waals surface area contributed by atoms with Crippen molar-refractivity contribution in [2.45, 2.75) is 18.5 Å². The predicted octanol–water partition coefficient (Wildman–Crippen LogP) is 2.36. The molecule has 0 aliphatic heterocycles. The molecule has 0 bridgehead atoms. The lowest BCUT2D eigenvalue weighted by molar-refractivity contribution is 0.789. The molecule has 2 rings (SSSR count). The molecule has 0 saturated carbocycles. The Hall–Kier alpha value is -1.26. The third-order valence-corrected chi connectivity index (χ3v) is 3.34. The first kappa shape index (κ1) is 11.2. The molecule has 1 aromatic carbocycles. The number of nitrogens with two attached hydrogens (primary N) is 1. The number of hydrogen-bond donors (Lipinski definition) is 1. The molecule has 0 saturated heterocycles. The summed E-state index contributed by atoms with van der Waals surface area (Å²) < 4.78 is 1.96. The standard InChI is InChI=1S/C12H15N3S/c1-9-11(8-13)12(16-2)15(14-9)10-6-4-3-5-7-10/h3-7H,8,13H2,1-2H3. The van der Waals surface area contributed by atoms with E-state index in [-0.39, 0.29) is 0 Å². The van der Waals surface area contributed by atoms with Crippen molar-refractivity contribution in [2.75, 3.05) is 6.26 Å². The summed E-state index contributed by atoms with van der Waals surface area (Å²) in [4.78, 5) is 0. The molecule has 3 nitrogen and oxygen atoms in total. The zero-order valence-corrected chi connectivity index (χ0v) is 10.3. The van der Waals surface area contributed by atoms with Crippen molar-refractivity contribution >= 4 is 11.8 Å². The van der Waals surface area contributed by atoms with Gasteiger partial charge in [-0.15, -0.1) is 11.8 Å². The summed E-state index contributed by atoms with van der Waals surface area (Å²) in [6, 6.07) is 10.1. The highest BCUT2D eigenvalue weighted by molar-refractivity contribution is 7.98. The molecule has 0 fully saturated rings. The number of para-hydroxylation sites is 1. The maximum absolute atomic E-state index is 5.75. The van der Waals surface area contributed by atoms with Crippen molar-refractivity contribution in [3.05, 3.63) is 41.6 Å². The van der Waals surface area contributed by atoms with Crippen LogP contribution in [-0.4, -0.2) is 16.0 Å². The lowest BCUT2D eigenvalue weighted by Crippen LogP contribution is -2.00. The number of aromatic nitrogens is 2. The van der Waals surface area contributed by atoms with Crippen LogP contribution in [-0.2, 0) is 6.54 Å². The van der Waals surface area contributed by atoms with E-state index in [1.54, 1.807) is 11.8 Å². The molecule has 0 unspecified atom stereocenters. The minimum atomic E-state index is 0.537. The van der Waals surface area contributed by atoms with E-state index in [1.807, 2.05) is 41.9 Å². The average molecular weight is 233 g/mol. The summed E-state index contributed by atoms with van der Waals surface area (Å²) in [6.45, 7) is 2.54. The van der Waals surface area contributed by atoms with E-state index in [1.165, 1.54) is 0 Å². The average Bonchev–Trinajstić information content (AvgIpc) is 2.66. The van der Waals surface area contributed by atoms with Crippen LogP contribution in [0.4, 0.5) is 0 Å². The molecular formula is C12H15N3S. The quantitative estimate of drug-likeness (QED) is 0.828. The summed E-state index contributed by atoms with van der Waals surface area (Å²) in [6.07, 6.45) is 2.05. The van der Waals surface area contributed by atoms with E-state index in [9.17, 15) is 0 Å². The molecular weight excluding hydrogens is 218 g/mol. The van der Waals surface area contributed by atoms with Gasteiger partial charge in [0.15, 0.2) is 0 Å². The second-order valence-electron chi connectivity index (χ2n) is 3.52. The predicted molar refractivity (Wildman–Crippen MR) is 68.0 cm³/mol. The Labute approximate surface area is 99.7 Å². The maximum Gasteiger partial charge on any atom is 0.104 e. The topological polar surface area (TPSA) is 43.8 Å². The first-order valence-corrected chi connectivity index (χ1v) is 6.38. The molecule has 0 amide bonds. The highest BCUT2D eigenvalue weighted by atomic mass is 32.2. The van der Waals surface area contributed by atoms with Gasteiger partial charge in [-0.25, -0.2) is 4.68 Å². The fraction of sp³-hybridized carbons (Fsp3) is 0.250. The lowest BCUT2D eigenvalue weighted by atomic mass is 10.3. The van der Waals surface area contributed by atoms with Crippen molar-refractivity contribution in [1.82, 2.24) is 9.78 Å². The minimum Gasteiger partial charge on any atom is -0.326 e. The molecule has 2 aromatic rings. The molecule has 0 spiro atoms. The minimum absolute atomic E-state index is 0.537. The van der Waals surface area contributed by atoms with E-state index in [0.717, 1.165) is 22.0 Å². The molecule has 0 atom stereocenters. The van der Waals surface area contributed by atoms with E-state index in [2.05, 4.69) is 11.4 Å². The molecule has 0 aliphatic rings. The third-order valence-electron chi connectivity index (χ3n) is 2.54. The highest BCUT2D eigenvalue weighted by Crippen LogP contribution is 2.25. The largest absolute Gasteiger partial charge is 0.326 e. The van der Waals surface area contributed by atoms with Crippen LogP contribution in [0.1, 0.15) is 11.3 Å². The number of nitrogens with zero attached hydrogens (tertiary/aromatic N) is 2. The van der Waals surface area contributed by atoms with Gasteiger partial charge in [-0.2, -0.15) is 5.10 Å². The van der Waals surface area contributed by atoms with Gasteiger partial charge in [-0.3, -0.25) is 0 Å². The molecule has 4 heteroatoms. The van der Waals surface area contributed by atoms with Gasteiger partial charge < -0.3 is 5.73 Å². The molecule has 0 radical (unpaired) electrons. The summed E-state index contributed by atoms with van der Waals surface area (Å²) in [5.74, 6) is 0. The van der Waals surface area contributed by atoms with Gasteiger partial charge in [0.05, 0.1) is 11.4 Å². The number of rotatable bonds is 3. The van der Waals surface area contributed by atoms with Crippen molar-refractivity contribution < 1.29 is 0 Å². The van der Waals surface area contributed by atoms with Gasteiger partial charge in [0.25, 0.3) is 0 Å². The summed E-state index contributed by atoms with van der Waals surface area (Å²) >= 11 is 1.68. The van der Waals surface area contributed by atoms with Crippen molar-refractivity contribution in [2.24, 2.45) is 5.73 Å². The number of benzene rings is 1. The molecule has 16 heavy (non-hydrogen) atoms. The normalized spacial score (nSPS) is 10.7. The van der Waals surface area contributed by atoms with Crippen LogP contribution in [0.15, 0.2) is 35.4 Å². The Morgan fingerprint density at radius 2 is 2.00 bits per heavy atom. The SMILES string of the molecule is CSc1c(CN)c(C)nn1-c1ccccc1. The van der Waals surface area contributed by atoms with Crippen LogP contribution < -0.4 is 5.73 Å². The van der Waals surface area contributed by atoms with Gasteiger partial charge in [0.2, 0.25) is 0 Å². The molecule has 1 heterocycles. The molecule has 1 aromatic heterocycles. The number of thioether (sulfide) groups is 1. The second-order valence-corrected chi connectivity index (χ2v) is 4.32. The first-order chi connectivity index (χ1) is 7.77. The first-order valence-electron chi connectivity index (χ1n) is 5.16. The Kier molecular flexibility index (Phi) is 3.31. The van der Waals surface area contributed by atoms with Crippen LogP contribution in [0.2, 0.25) is 0 Å². The van der Waals surface area contributed by atoms with Gasteiger partial charge in [-0.05, 0) is 25.3 Å². The Bertz CT molecular complexity index is 477. The van der Waals surface area contributed by atoms with Crippen LogP contribution in [0.5, 0.6) is 0 Å². The van der Waals surface area contributed by atoms with E-state index >= 15 is 0 Å². The van der Waals surface area contributed by atoms with Crippen LogP contribution in [0.25, 0.3) is 5.69 Å². The van der Waals surface area contributed by atoms with E-state index < -0.39 is 0 Å². The lowest BCUT2D eigenvalue weighted by Gasteiger charge is -2.05. The van der Waals surface area contributed by atoms with E-state index in [0.29, 0.717) is 6.54 Å². The zero-order chi connectivity index (χ0) is 11.5. The summed E-state index contributed by atoms with van der Waals surface area (Å²) in [7, 11) is 0. The third kappa shape index (κ3) is 1.86. The Balaban J connectivity index is 2.57. The maximum atomic E-state index is 5.75. The fourth-order valence-corrected chi connectivity index (χ4v) is 2.52. The Morgan fingerprint density at radius 3 is 2.56 bits per heavy atom. The van der Waals surface area contributed by atoms with E-state index in [4.69, 9.17) is 5.73 Å². The fourth-order valence-electron chi connectivity index (χ4n) is 1.73. The zero-order valence-electron chi connectivity index (χ0n) is 9.47. The van der Waals surface area contributed by atoms with Crippen LogP contribution in [0.3, 0.4) is 0 Å². The number of aryl methyl sites for hydroxylation is 1. The van der Waals surface area contributed by atoms with Crippen molar-refractivity contribution in [3.8, 4) is 5.69 Å². The van der Waals surface area contributed by atoms with Crippen LogP contribution in [0, 0.1) is 6.92 Å². The summed E-state index contributed by atoms with van der Waals surface area (Å²) in [5.41, 5.74) is 8.98. The molecule has 2 N–H and O–H groups in total. The monoisotopic (exact) mass is 233 g/mol. The highest BCUT2D eigenvalue weighted by Gasteiger charge is 2.13. The van der Waals surface area contributed by atoms with Gasteiger partial charge in [0, 0.05) is 12.1 Å². The molecule has 84 valence electrons. The van der Waals surface area contributed by atoms with Crippen molar-refractivity contribution in [1.29, 1.82) is 0 Å². The number of hydrogen-bond acceptors (Lipinski definition) is 3. The Morgan fingerprint density at radius 1 is 1.31 bits per heavy atom. The summed E-state index contributed by atoms with van der Waals surface area (Å²) in [5, 5.41) is 5.67. The van der Waals surface area contributed by atoms with Crippen LogP contribution >= 0.6 is 11.8 Å². The van der Waals surface area contributed by atoms with Gasteiger partial charge >= 0.3 is 0 Å². The van der Waals surface area contributed by atoms with Gasteiger partial charge in [-0.1, -0.05) is 18.2 Å². The van der Waals surface area contributed by atoms with Crippen molar-refractivity contribution in [3.63, 3.8) is 0 Å². The smallest absolute Gasteiger partial charge is 0.104 e. The van der Waals surface area contributed by atoms with Gasteiger partial charge in [0.1, 0.15) is 5.03 Å². The molecule has 0 aliphatic carbocycles. The second kappa shape index (κ2) is 4.72.